The van der Waals surface area contributed by atoms with E-state index >= 15 is 0 Å². The van der Waals surface area contributed by atoms with Crippen LogP contribution in [0.3, 0.4) is 0 Å². The van der Waals surface area contributed by atoms with Crippen molar-refractivity contribution >= 4 is 5.91 Å². The van der Waals surface area contributed by atoms with Crippen LogP contribution in [-0.4, -0.2) is 37.3 Å². The molecule has 0 fully saturated rings. The van der Waals surface area contributed by atoms with E-state index in [1.165, 1.54) is 0 Å². The summed E-state index contributed by atoms with van der Waals surface area (Å²) < 4.78 is 7.16. The summed E-state index contributed by atoms with van der Waals surface area (Å²) in [6, 6.07) is 11.6. The molecule has 140 valence electrons. The Hall–Kier alpha value is -2.96. The lowest BCUT2D eigenvalue weighted by Gasteiger charge is -2.37. The Morgan fingerprint density at radius 3 is 2.70 bits per heavy atom. The van der Waals surface area contributed by atoms with Gasteiger partial charge in [0.2, 0.25) is 5.91 Å². The van der Waals surface area contributed by atoms with Crippen molar-refractivity contribution in [1.29, 1.82) is 0 Å². The van der Waals surface area contributed by atoms with Crippen LogP contribution in [0.25, 0.3) is 11.4 Å². The van der Waals surface area contributed by atoms with Crippen LogP contribution in [0, 0.1) is 12.8 Å². The molecule has 0 aliphatic carbocycles. The molecule has 0 saturated carbocycles. The van der Waals surface area contributed by atoms with Gasteiger partial charge in [-0.15, -0.1) is 0 Å². The third kappa shape index (κ3) is 3.37. The fourth-order valence-electron chi connectivity index (χ4n) is 3.62. The molecule has 0 unspecified atom stereocenters. The number of benzene rings is 1. The second-order valence-electron chi connectivity index (χ2n) is 7.27. The van der Waals surface area contributed by atoms with Crippen LogP contribution in [0.5, 0.6) is 0 Å². The maximum atomic E-state index is 13.0. The van der Waals surface area contributed by atoms with Gasteiger partial charge in [0.25, 0.3) is 0 Å². The van der Waals surface area contributed by atoms with E-state index < -0.39 is 0 Å². The molecule has 27 heavy (non-hydrogen) atoms. The molecular formula is C20H23N5O2. The van der Waals surface area contributed by atoms with Crippen molar-refractivity contribution in [3.63, 3.8) is 0 Å². The number of carbonyl (C=O) groups is 1. The Balaban J connectivity index is 1.63. The Morgan fingerprint density at radius 2 is 2.04 bits per heavy atom. The monoisotopic (exact) mass is 365 g/mol. The first-order valence-electron chi connectivity index (χ1n) is 9.24. The van der Waals surface area contributed by atoms with Gasteiger partial charge in [0, 0.05) is 18.2 Å². The largest absolute Gasteiger partial charge is 0.361 e. The number of rotatable bonds is 4. The number of carbonyl (C=O) groups excluding carboxylic acids is 1. The van der Waals surface area contributed by atoms with Gasteiger partial charge in [-0.1, -0.05) is 49.3 Å². The predicted octanol–water partition coefficient (Wildman–Crippen LogP) is 3.02. The van der Waals surface area contributed by atoms with Gasteiger partial charge < -0.3 is 9.42 Å². The second-order valence-corrected chi connectivity index (χ2v) is 7.27. The Labute approximate surface area is 158 Å². The summed E-state index contributed by atoms with van der Waals surface area (Å²) in [4.78, 5) is 19.7. The van der Waals surface area contributed by atoms with E-state index in [9.17, 15) is 4.79 Å². The molecule has 3 aromatic rings. The normalized spacial score (nSPS) is 16.6. The van der Waals surface area contributed by atoms with Gasteiger partial charge in [-0.25, -0.2) is 9.67 Å². The van der Waals surface area contributed by atoms with Crippen LogP contribution in [0.1, 0.15) is 37.2 Å². The van der Waals surface area contributed by atoms with Crippen LogP contribution in [0.15, 0.2) is 40.9 Å². The van der Waals surface area contributed by atoms with Crippen molar-refractivity contribution in [1.82, 2.24) is 24.8 Å². The number of hydrogen-bond acceptors (Lipinski definition) is 5. The van der Waals surface area contributed by atoms with Crippen LogP contribution in [0.2, 0.25) is 0 Å². The molecule has 4 rings (SSSR count). The highest BCUT2D eigenvalue weighted by molar-refractivity contribution is 5.78. The molecule has 1 atom stereocenters. The highest BCUT2D eigenvalue weighted by Gasteiger charge is 2.36. The topological polar surface area (TPSA) is 77.0 Å². The Kier molecular flexibility index (Phi) is 4.51. The summed E-state index contributed by atoms with van der Waals surface area (Å²) in [5, 5.41) is 8.54. The fourth-order valence-corrected chi connectivity index (χ4v) is 3.62. The lowest BCUT2D eigenvalue weighted by molar-refractivity contribution is -0.135. The lowest BCUT2D eigenvalue weighted by Crippen LogP contribution is -2.45. The SMILES string of the molecule is Cc1cc(CC(=O)N2CCn3nc(-c4ccccc4)nc3[C@@H]2C(C)C)on1. The zero-order chi connectivity index (χ0) is 19.0. The number of fused-ring (bicyclic) bond motifs is 1. The number of hydrogen-bond donors (Lipinski definition) is 0. The number of nitrogens with zero attached hydrogens (tertiary/aromatic N) is 5. The highest BCUT2D eigenvalue weighted by atomic mass is 16.5. The van der Waals surface area contributed by atoms with Gasteiger partial charge in [-0.05, 0) is 12.8 Å². The van der Waals surface area contributed by atoms with E-state index in [0.717, 1.165) is 17.1 Å². The first-order valence-corrected chi connectivity index (χ1v) is 9.24. The molecule has 2 aromatic heterocycles. The summed E-state index contributed by atoms with van der Waals surface area (Å²) in [5.74, 6) is 2.39. The van der Waals surface area contributed by atoms with Crippen molar-refractivity contribution < 1.29 is 9.32 Å². The quantitative estimate of drug-likeness (QED) is 0.710. The van der Waals surface area contributed by atoms with Crippen LogP contribution < -0.4 is 0 Å². The summed E-state index contributed by atoms with van der Waals surface area (Å²) >= 11 is 0. The Bertz CT molecular complexity index is 944. The molecule has 1 aliphatic rings. The van der Waals surface area contributed by atoms with Gasteiger partial charge in [0.1, 0.15) is 5.76 Å². The van der Waals surface area contributed by atoms with Crippen molar-refractivity contribution in [2.75, 3.05) is 6.54 Å². The van der Waals surface area contributed by atoms with Crippen LogP contribution in [0.4, 0.5) is 0 Å². The molecule has 3 heterocycles. The minimum absolute atomic E-state index is 0.0281. The molecule has 0 radical (unpaired) electrons. The minimum Gasteiger partial charge on any atom is -0.361 e. The lowest BCUT2D eigenvalue weighted by atomic mass is 9.99. The van der Waals surface area contributed by atoms with Crippen molar-refractivity contribution in [2.45, 2.75) is 39.8 Å². The maximum absolute atomic E-state index is 13.0. The van der Waals surface area contributed by atoms with E-state index in [-0.39, 0.29) is 24.3 Å². The van der Waals surface area contributed by atoms with Gasteiger partial charge in [0.05, 0.1) is 24.7 Å². The number of amides is 1. The average Bonchev–Trinajstić information content (AvgIpc) is 3.27. The number of aromatic nitrogens is 4. The number of aryl methyl sites for hydroxylation is 1. The van der Waals surface area contributed by atoms with E-state index in [4.69, 9.17) is 9.51 Å². The van der Waals surface area contributed by atoms with Gasteiger partial charge in [-0.3, -0.25) is 4.79 Å². The average molecular weight is 365 g/mol. The smallest absolute Gasteiger partial charge is 0.230 e. The molecule has 7 nitrogen and oxygen atoms in total. The molecule has 1 aromatic carbocycles. The van der Waals surface area contributed by atoms with E-state index in [1.807, 2.05) is 52.9 Å². The molecule has 1 amide bonds. The summed E-state index contributed by atoms with van der Waals surface area (Å²) in [6.45, 7) is 7.31. The minimum atomic E-state index is -0.111. The zero-order valence-corrected chi connectivity index (χ0v) is 15.8. The van der Waals surface area contributed by atoms with Crippen molar-refractivity contribution in [2.24, 2.45) is 5.92 Å². The van der Waals surface area contributed by atoms with Gasteiger partial charge in [0.15, 0.2) is 11.6 Å². The second kappa shape index (κ2) is 6.98. The third-order valence-electron chi connectivity index (χ3n) is 4.84. The molecule has 0 bridgehead atoms. The highest BCUT2D eigenvalue weighted by Crippen LogP contribution is 2.32. The third-order valence-corrected chi connectivity index (χ3v) is 4.84. The van der Waals surface area contributed by atoms with Crippen LogP contribution >= 0.6 is 0 Å². The molecule has 1 aliphatic heterocycles. The van der Waals surface area contributed by atoms with E-state index in [2.05, 4.69) is 24.1 Å². The zero-order valence-electron chi connectivity index (χ0n) is 15.8. The standard InChI is InChI=1S/C20H23N5O2/c1-13(2)18-20-21-19(15-7-5-4-6-8-15)22-25(20)10-9-24(18)17(26)12-16-11-14(3)23-27-16/h4-8,11,13,18H,9-10,12H2,1-3H3/t18-/m0/s1. The van der Waals surface area contributed by atoms with Crippen molar-refractivity contribution in [3.8, 4) is 11.4 Å². The molecular weight excluding hydrogens is 342 g/mol. The molecule has 0 N–H and O–H groups in total. The molecule has 0 saturated heterocycles. The summed E-state index contributed by atoms with van der Waals surface area (Å²) in [7, 11) is 0. The van der Waals surface area contributed by atoms with E-state index in [1.54, 1.807) is 0 Å². The summed E-state index contributed by atoms with van der Waals surface area (Å²) in [5.41, 5.74) is 1.76. The van der Waals surface area contributed by atoms with Gasteiger partial charge >= 0.3 is 0 Å². The van der Waals surface area contributed by atoms with Crippen LogP contribution in [-0.2, 0) is 17.8 Å². The molecule has 7 heteroatoms. The maximum Gasteiger partial charge on any atom is 0.230 e. The first kappa shape index (κ1) is 17.5. The van der Waals surface area contributed by atoms with E-state index in [0.29, 0.717) is 24.7 Å². The van der Waals surface area contributed by atoms with Crippen molar-refractivity contribution in [3.05, 3.63) is 53.7 Å². The predicted molar refractivity (Wildman–Crippen MR) is 99.7 cm³/mol. The summed E-state index contributed by atoms with van der Waals surface area (Å²) in [6.07, 6.45) is 0.212. The first-order chi connectivity index (χ1) is 13.0. The molecule has 0 spiro atoms. The fraction of sp³-hybridized carbons (Fsp3) is 0.400. The Morgan fingerprint density at radius 1 is 1.26 bits per heavy atom. The van der Waals surface area contributed by atoms with Gasteiger partial charge in [-0.2, -0.15) is 5.10 Å².